The fourth-order valence-corrected chi connectivity index (χ4v) is 3.07. The van der Waals surface area contributed by atoms with Crippen LogP contribution in [0.25, 0.3) is 0 Å². The topological polar surface area (TPSA) is 66.9 Å². The summed E-state index contributed by atoms with van der Waals surface area (Å²) in [6.45, 7) is 3.47. The third-order valence-corrected chi connectivity index (χ3v) is 4.55. The van der Waals surface area contributed by atoms with Crippen LogP contribution >= 0.6 is 0 Å². The summed E-state index contributed by atoms with van der Waals surface area (Å²) in [5, 5.41) is 0. The Bertz CT molecular complexity index is 336. The van der Waals surface area contributed by atoms with Crippen LogP contribution in [0, 0.1) is 0 Å². The molecule has 25 heavy (non-hydrogen) atoms. The molecule has 3 nitrogen and oxygen atoms in total. The highest BCUT2D eigenvalue weighted by Crippen LogP contribution is 2.12. The lowest BCUT2D eigenvalue weighted by molar-refractivity contribution is -0.697. The Balaban J connectivity index is -0.00000161. The minimum atomic E-state index is 0. The summed E-state index contributed by atoms with van der Waals surface area (Å²) in [7, 11) is 0. The molecular formula is C21H42ClNO2. The van der Waals surface area contributed by atoms with Crippen LogP contribution in [0.2, 0.25) is 0 Å². The SMILES string of the molecule is CCCCCCCCCCCCCCCC[n+]1ccccc1.O.O.[Cl-]. The summed E-state index contributed by atoms with van der Waals surface area (Å²) < 4.78 is 2.29. The molecule has 1 rings (SSSR count). The maximum Gasteiger partial charge on any atom is 0.168 e. The van der Waals surface area contributed by atoms with Crippen LogP contribution in [0.5, 0.6) is 0 Å². The van der Waals surface area contributed by atoms with E-state index in [1.54, 1.807) is 0 Å². The van der Waals surface area contributed by atoms with E-state index in [-0.39, 0.29) is 23.4 Å². The number of hydrogen-bond donors (Lipinski definition) is 0. The molecule has 150 valence electrons. The summed E-state index contributed by atoms with van der Waals surface area (Å²) in [6.07, 6.45) is 24.4. The average molecular weight is 376 g/mol. The van der Waals surface area contributed by atoms with Gasteiger partial charge < -0.3 is 23.4 Å². The molecule has 0 radical (unpaired) electrons. The van der Waals surface area contributed by atoms with Gasteiger partial charge in [0.1, 0.15) is 6.54 Å². The molecule has 0 aliphatic rings. The number of rotatable bonds is 15. The third-order valence-electron chi connectivity index (χ3n) is 4.55. The Morgan fingerprint density at radius 1 is 0.520 bits per heavy atom. The lowest BCUT2D eigenvalue weighted by atomic mass is 10.0. The van der Waals surface area contributed by atoms with Gasteiger partial charge in [0, 0.05) is 18.6 Å². The number of nitrogens with zero attached hydrogens (tertiary/aromatic N) is 1. The van der Waals surface area contributed by atoms with Crippen molar-refractivity contribution in [3.8, 4) is 0 Å². The van der Waals surface area contributed by atoms with Crippen LogP contribution in [0.4, 0.5) is 0 Å². The Morgan fingerprint density at radius 2 is 0.880 bits per heavy atom. The Morgan fingerprint density at radius 3 is 1.28 bits per heavy atom. The summed E-state index contributed by atoms with van der Waals surface area (Å²) >= 11 is 0. The number of aryl methyl sites for hydroxylation is 1. The van der Waals surface area contributed by atoms with E-state index in [0.717, 1.165) is 0 Å². The van der Waals surface area contributed by atoms with E-state index in [1.165, 1.54) is 96.4 Å². The minimum Gasteiger partial charge on any atom is -1.00 e. The molecule has 1 heterocycles. The standard InChI is InChI=1S/C21H38N.ClH.2H2O/c1-2-3-4-5-6-7-8-9-10-11-12-13-14-16-19-22-20-17-15-18-21-22;;;/h15,17-18,20-21H,2-14,16,19H2,1H3;1H;2*1H2/q+1;;;/p-1. The second kappa shape index (κ2) is 23.4. The van der Waals surface area contributed by atoms with E-state index in [4.69, 9.17) is 0 Å². The Hall–Kier alpha value is -0.640. The van der Waals surface area contributed by atoms with Gasteiger partial charge in [0.2, 0.25) is 0 Å². The smallest absolute Gasteiger partial charge is 0.168 e. The summed E-state index contributed by atoms with van der Waals surface area (Å²) in [4.78, 5) is 0. The van der Waals surface area contributed by atoms with Crippen LogP contribution in [0.1, 0.15) is 96.8 Å². The van der Waals surface area contributed by atoms with Crippen molar-refractivity contribution in [3.63, 3.8) is 0 Å². The molecule has 1 aromatic rings. The highest BCUT2D eigenvalue weighted by Gasteiger charge is 1.98. The zero-order valence-electron chi connectivity index (χ0n) is 16.3. The molecule has 0 fully saturated rings. The maximum atomic E-state index is 2.29. The van der Waals surface area contributed by atoms with Crippen molar-refractivity contribution in [1.82, 2.24) is 0 Å². The van der Waals surface area contributed by atoms with Gasteiger partial charge in [0.05, 0.1) is 0 Å². The molecule has 0 atom stereocenters. The van der Waals surface area contributed by atoms with Crippen molar-refractivity contribution >= 4 is 0 Å². The fourth-order valence-electron chi connectivity index (χ4n) is 3.07. The first-order valence-electron chi connectivity index (χ1n) is 9.87. The molecule has 0 saturated carbocycles. The number of hydrogen-bond acceptors (Lipinski definition) is 0. The van der Waals surface area contributed by atoms with E-state index in [2.05, 4.69) is 42.1 Å². The quantitative estimate of drug-likeness (QED) is 0.331. The molecule has 4 N–H and O–H groups in total. The zero-order chi connectivity index (χ0) is 15.7. The molecule has 0 spiro atoms. The first-order valence-corrected chi connectivity index (χ1v) is 9.87. The second-order valence-corrected chi connectivity index (χ2v) is 6.71. The van der Waals surface area contributed by atoms with Gasteiger partial charge >= 0.3 is 0 Å². The van der Waals surface area contributed by atoms with Gasteiger partial charge in [0.25, 0.3) is 0 Å². The predicted molar refractivity (Wildman–Crippen MR) is 104 cm³/mol. The molecule has 0 aromatic carbocycles. The van der Waals surface area contributed by atoms with Crippen molar-refractivity contribution in [2.75, 3.05) is 0 Å². The highest BCUT2D eigenvalue weighted by atomic mass is 35.5. The van der Waals surface area contributed by atoms with Crippen LogP contribution < -0.4 is 17.0 Å². The first-order chi connectivity index (χ1) is 10.9. The van der Waals surface area contributed by atoms with Crippen LogP contribution in [0.15, 0.2) is 30.6 Å². The summed E-state index contributed by atoms with van der Waals surface area (Å²) in [6, 6.07) is 6.31. The van der Waals surface area contributed by atoms with Gasteiger partial charge in [-0.1, -0.05) is 90.0 Å². The molecule has 0 aliphatic carbocycles. The Labute approximate surface area is 162 Å². The van der Waals surface area contributed by atoms with Gasteiger partial charge in [-0.05, 0) is 6.42 Å². The number of unbranched alkanes of at least 4 members (excludes halogenated alkanes) is 13. The normalized spacial score (nSPS) is 9.64. The number of pyridine rings is 1. The van der Waals surface area contributed by atoms with Crippen molar-refractivity contribution in [2.45, 2.75) is 103 Å². The van der Waals surface area contributed by atoms with E-state index in [9.17, 15) is 0 Å². The monoisotopic (exact) mass is 375 g/mol. The largest absolute Gasteiger partial charge is 1.00 e. The summed E-state index contributed by atoms with van der Waals surface area (Å²) in [5.41, 5.74) is 0. The fraction of sp³-hybridized carbons (Fsp3) is 0.762. The van der Waals surface area contributed by atoms with Crippen molar-refractivity contribution in [1.29, 1.82) is 0 Å². The van der Waals surface area contributed by atoms with E-state index in [1.807, 2.05) is 0 Å². The first kappa shape index (κ1) is 29.1. The molecule has 0 unspecified atom stereocenters. The minimum absolute atomic E-state index is 0. The third kappa shape index (κ3) is 19.5. The number of halogens is 1. The molecular weight excluding hydrogens is 334 g/mol. The molecule has 4 heteroatoms. The van der Waals surface area contributed by atoms with Gasteiger partial charge in [0.15, 0.2) is 12.4 Å². The van der Waals surface area contributed by atoms with Gasteiger partial charge in [-0.3, -0.25) is 0 Å². The molecule has 0 bridgehead atoms. The van der Waals surface area contributed by atoms with Crippen molar-refractivity contribution < 1.29 is 27.9 Å². The molecule has 1 aromatic heterocycles. The molecule has 0 amide bonds. The zero-order valence-corrected chi connectivity index (χ0v) is 17.1. The van der Waals surface area contributed by atoms with E-state index < -0.39 is 0 Å². The van der Waals surface area contributed by atoms with Crippen LogP contribution in [0.3, 0.4) is 0 Å². The van der Waals surface area contributed by atoms with Crippen molar-refractivity contribution in [2.24, 2.45) is 0 Å². The highest BCUT2D eigenvalue weighted by molar-refractivity contribution is 4.83. The van der Waals surface area contributed by atoms with Crippen molar-refractivity contribution in [3.05, 3.63) is 30.6 Å². The Kier molecular flexibility index (Phi) is 27.2. The summed E-state index contributed by atoms with van der Waals surface area (Å²) in [5.74, 6) is 0. The van der Waals surface area contributed by atoms with Gasteiger partial charge in [-0.15, -0.1) is 0 Å². The number of aromatic nitrogens is 1. The van der Waals surface area contributed by atoms with Crippen LogP contribution in [-0.2, 0) is 6.54 Å². The average Bonchev–Trinajstić information content (AvgIpc) is 2.56. The predicted octanol–water partition coefficient (Wildman–Crippen LogP) is 1.81. The molecule has 0 aliphatic heterocycles. The lowest BCUT2D eigenvalue weighted by Gasteiger charge is -2.02. The maximum absolute atomic E-state index is 2.29. The van der Waals surface area contributed by atoms with Gasteiger partial charge in [-0.25, -0.2) is 4.57 Å². The van der Waals surface area contributed by atoms with Crippen LogP contribution in [-0.4, -0.2) is 11.0 Å². The van der Waals surface area contributed by atoms with E-state index in [0.29, 0.717) is 0 Å². The van der Waals surface area contributed by atoms with E-state index >= 15 is 0 Å². The lowest BCUT2D eigenvalue weighted by Crippen LogP contribution is -3.00. The molecule has 0 saturated heterocycles. The second-order valence-electron chi connectivity index (χ2n) is 6.71. The van der Waals surface area contributed by atoms with Gasteiger partial charge in [-0.2, -0.15) is 0 Å².